The van der Waals surface area contributed by atoms with E-state index >= 15 is 0 Å². The van der Waals surface area contributed by atoms with Crippen LogP contribution < -0.4 is 19.1 Å². The summed E-state index contributed by atoms with van der Waals surface area (Å²) in [5.74, 6) is 2.04. The number of para-hydroxylation sites is 2. The first-order valence-corrected chi connectivity index (χ1v) is 11.9. The molecule has 2 heterocycles. The first-order valence-electron chi connectivity index (χ1n) is 10.4. The van der Waals surface area contributed by atoms with Gasteiger partial charge >= 0.3 is 0 Å². The third-order valence-corrected chi connectivity index (χ3v) is 7.51. The van der Waals surface area contributed by atoms with Crippen molar-refractivity contribution in [2.75, 3.05) is 65.5 Å². The zero-order chi connectivity index (χ0) is 22.7. The Morgan fingerprint density at radius 3 is 2.19 bits per heavy atom. The number of aliphatic imine (C=N–C) groups is 1. The molecule has 0 amide bonds. The number of nitrogens with zero attached hydrogens (tertiary/aromatic N) is 4. The molecule has 1 saturated heterocycles. The molecule has 0 bridgehead atoms. The van der Waals surface area contributed by atoms with Crippen molar-refractivity contribution in [1.29, 1.82) is 0 Å². The number of piperazine rings is 1. The quantitative estimate of drug-likeness (QED) is 0.651. The lowest BCUT2D eigenvalue weighted by atomic mass is 10.2. The van der Waals surface area contributed by atoms with Gasteiger partial charge in [-0.05, 0) is 24.3 Å². The lowest BCUT2D eigenvalue weighted by molar-refractivity contribution is 0.353. The second kappa shape index (κ2) is 9.15. The van der Waals surface area contributed by atoms with E-state index in [4.69, 9.17) is 14.2 Å². The molecule has 32 heavy (non-hydrogen) atoms. The Morgan fingerprint density at radius 2 is 1.50 bits per heavy atom. The molecule has 0 N–H and O–H groups in total. The third kappa shape index (κ3) is 4.02. The van der Waals surface area contributed by atoms with Crippen LogP contribution in [0.2, 0.25) is 0 Å². The SMILES string of the molecule is COc1ccc(OC)c(S(=O)(=O)N2CCN=C2N2CCN(c3ccccc3OC)CC2)c1. The maximum Gasteiger partial charge on any atom is 0.270 e. The van der Waals surface area contributed by atoms with E-state index in [1.54, 1.807) is 19.2 Å². The monoisotopic (exact) mass is 460 g/mol. The van der Waals surface area contributed by atoms with Crippen LogP contribution >= 0.6 is 0 Å². The molecule has 0 aromatic heterocycles. The number of guanidine groups is 1. The van der Waals surface area contributed by atoms with Crippen molar-refractivity contribution in [3.63, 3.8) is 0 Å². The number of benzene rings is 2. The first kappa shape index (κ1) is 22.1. The van der Waals surface area contributed by atoms with Crippen molar-refractivity contribution >= 4 is 21.7 Å². The van der Waals surface area contributed by atoms with E-state index in [2.05, 4.69) is 9.89 Å². The average Bonchev–Trinajstić information content (AvgIpc) is 3.34. The molecule has 2 aromatic carbocycles. The number of hydrogen-bond donors (Lipinski definition) is 0. The standard InChI is InChI=1S/C22H28N4O5S/c1-29-17-8-9-20(31-3)21(16-17)32(27,28)26-11-10-23-22(26)25-14-12-24(13-15-25)18-6-4-5-7-19(18)30-2/h4-9,16H,10-15H2,1-3H3. The third-order valence-electron chi connectivity index (χ3n) is 5.71. The minimum Gasteiger partial charge on any atom is -0.497 e. The number of sulfonamides is 1. The van der Waals surface area contributed by atoms with Crippen LogP contribution in [0.5, 0.6) is 17.2 Å². The van der Waals surface area contributed by atoms with E-state index in [-0.39, 0.29) is 10.6 Å². The maximum absolute atomic E-state index is 13.6. The molecule has 0 radical (unpaired) electrons. The van der Waals surface area contributed by atoms with Gasteiger partial charge in [0.1, 0.15) is 22.1 Å². The van der Waals surface area contributed by atoms with Gasteiger partial charge < -0.3 is 24.0 Å². The molecule has 4 rings (SSSR count). The average molecular weight is 461 g/mol. The summed E-state index contributed by atoms with van der Waals surface area (Å²) in [6.07, 6.45) is 0. The van der Waals surface area contributed by atoms with Crippen LogP contribution in [0.3, 0.4) is 0 Å². The fourth-order valence-corrected chi connectivity index (χ4v) is 5.67. The molecular weight excluding hydrogens is 432 g/mol. The summed E-state index contributed by atoms with van der Waals surface area (Å²) in [6, 6.07) is 12.7. The lowest BCUT2D eigenvalue weighted by Crippen LogP contribution is -2.53. The Balaban J connectivity index is 1.54. The second-order valence-corrected chi connectivity index (χ2v) is 9.25. The summed E-state index contributed by atoms with van der Waals surface area (Å²) in [6.45, 7) is 3.49. The molecule has 0 saturated carbocycles. The topological polar surface area (TPSA) is 83.9 Å². The van der Waals surface area contributed by atoms with E-state index in [0.29, 0.717) is 37.9 Å². The molecule has 1 fully saturated rings. The summed E-state index contributed by atoms with van der Waals surface area (Å²) >= 11 is 0. The summed E-state index contributed by atoms with van der Waals surface area (Å²) in [7, 11) is 0.755. The predicted molar refractivity (Wildman–Crippen MR) is 123 cm³/mol. The molecule has 9 nitrogen and oxygen atoms in total. The summed E-state index contributed by atoms with van der Waals surface area (Å²) in [5, 5.41) is 0. The molecule has 0 aliphatic carbocycles. The van der Waals surface area contributed by atoms with Gasteiger partial charge in [-0.2, -0.15) is 0 Å². The van der Waals surface area contributed by atoms with Crippen molar-refractivity contribution in [2.24, 2.45) is 4.99 Å². The van der Waals surface area contributed by atoms with Gasteiger partial charge in [0.2, 0.25) is 5.96 Å². The lowest BCUT2D eigenvalue weighted by Gasteiger charge is -2.39. The fraction of sp³-hybridized carbons (Fsp3) is 0.409. The number of hydrogen-bond acceptors (Lipinski definition) is 8. The van der Waals surface area contributed by atoms with E-state index in [1.165, 1.54) is 24.6 Å². The minimum absolute atomic E-state index is 0.0709. The van der Waals surface area contributed by atoms with Gasteiger partial charge in [0.25, 0.3) is 10.0 Å². The molecule has 172 valence electrons. The van der Waals surface area contributed by atoms with E-state index in [9.17, 15) is 8.42 Å². The van der Waals surface area contributed by atoms with Gasteiger partial charge in [-0.25, -0.2) is 12.7 Å². The molecule has 0 spiro atoms. The highest BCUT2D eigenvalue weighted by molar-refractivity contribution is 7.89. The van der Waals surface area contributed by atoms with E-state index < -0.39 is 10.0 Å². The van der Waals surface area contributed by atoms with E-state index in [1.807, 2.05) is 29.2 Å². The maximum atomic E-state index is 13.6. The Morgan fingerprint density at radius 1 is 0.812 bits per heavy atom. The molecule has 0 unspecified atom stereocenters. The van der Waals surface area contributed by atoms with E-state index in [0.717, 1.165) is 24.5 Å². The number of methoxy groups -OCH3 is 3. The zero-order valence-corrected chi connectivity index (χ0v) is 19.3. The molecule has 2 aliphatic rings. The highest BCUT2D eigenvalue weighted by Crippen LogP contribution is 2.33. The number of rotatable bonds is 6. The first-order chi connectivity index (χ1) is 15.5. The van der Waals surface area contributed by atoms with Crippen molar-refractivity contribution in [2.45, 2.75) is 4.90 Å². The van der Waals surface area contributed by atoms with Crippen molar-refractivity contribution in [3.05, 3.63) is 42.5 Å². The molecule has 10 heteroatoms. The van der Waals surface area contributed by atoms with Gasteiger partial charge in [0.15, 0.2) is 0 Å². The van der Waals surface area contributed by atoms with Gasteiger partial charge in [-0.3, -0.25) is 4.99 Å². The van der Waals surface area contributed by atoms with Crippen LogP contribution in [-0.4, -0.2) is 84.2 Å². The Labute approximate surface area is 188 Å². The Hall–Kier alpha value is -3.14. The van der Waals surface area contributed by atoms with Gasteiger partial charge in [0.05, 0.1) is 40.1 Å². The summed E-state index contributed by atoms with van der Waals surface area (Å²) in [5.41, 5.74) is 1.04. The van der Waals surface area contributed by atoms with Crippen LogP contribution in [0.25, 0.3) is 0 Å². The number of anilines is 1. The van der Waals surface area contributed by atoms with Crippen LogP contribution in [0, 0.1) is 0 Å². The molecule has 0 atom stereocenters. The Kier molecular flexibility index (Phi) is 6.31. The van der Waals surface area contributed by atoms with Gasteiger partial charge in [0, 0.05) is 32.2 Å². The van der Waals surface area contributed by atoms with Crippen molar-refractivity contribution in [3.8, 4) is 17.2 Å². The predicted octanol–water partition coefficient (Wildman–Crippen LogP) is 1.89. The van der Waals surface area contributed by atoms with Gasteiger partial charge in [-0.1, -0.05) is 12.1 Å². The molecule has 2 aliphatic heterocycles. The van der Waals surface area contributed by atoms with Crippen LogP contribution in [0.4, 0.5) is 5.69 Å². The van der Waals surface area contributed by atoms with Crippen LogP contribution in [0.15, 0.2) is 52.4 Å². The van der Waals surface area contributed by atoms with Crippen LogP contribution in [0.1, 0.15) is 0 Å². The Bertz CT molecular complexity index is 1100. The second-order valence-electron chi connectivity index (χ2n) is 7.42. The smallest absolute Gasteiger partial charge is 0.270 e. The fourth-order valence-electron chi connectivity index (χ4n) is 4.05. The minimum atomic E-state index is -3.87. The summed E-state index contributed by atoms with van der Waals surface area (Å²) < 4.78 is 44.5. The number of ether oxygens (including phenoxy) is 3. The van der Waals surface area contributed by atoms with Crippen molar-refractivity contribution in [1.82, 2.24) is 9.21 Å². The molecular formula is C22H28N4O5S. The highest BCUT2D eigenvalue weighted by Gasteiger charge is 2.37. The largest absolute Gasteiger partial charge is 0.497 e. The summed E-state index contributed by atoms with van der Waals surface area (Å²) in [4.78, 5) is 8.88. The normalized spacial score (nSPS) is 16.7. The van der Waals surface area contributed by atoms with Crippen molar-refractivity contribution < 1.29 is 22.6 Å². The highest BCUT2D eigenvalue weighted by atomic mass is 32.2. The van der Waals surface area contributed by atoms with Crippen LogP contribution in [-0.2, 0) is 10.0 Å². The molecule has 2 aromatic rings. The zero-order valence-electron chi connectivity index (χ0n) is 18.5. The van der Waals surface area contributed by atoms with Gasteiger partial charge in [-0.15, -0.1) is 0 Å².